The van der Waals surface area contributed by atoms with Gasteiger partial charge in [-0.2, -0.15) is 0 Å². The van der Waals surface area contributed by atoms with Crippen molar-refractivity contribution in [2.75, 3.05) is 38.1 Å². The SMILES string of the molecule is CNC(=O)c1sc(N2CCN(C(=O)OC(C)(C)C)CC2)nc1-c1ccc(Oc2ccccc2)cc1. The van der Waals surface area contributed by atoms with Crippen LogP contribution in [0.15, 0.2) is 54.6 Å². The molecule has 0 bridgehead atoms. The molecule has 1 saturated heterocycles. The number of carbonyl (C=O) groups is 2. The summed E-state index contributed by atoms with van der Waals surface area (Å²) in [5.74, 6) is 1.28. The summed E-state index contributed by atoms with van der Waals surface area (Å²) in [6, 6.07) is 17.1. The maximum absolute atomic E-state index is 12.6. The summed E-state index contributed by atoms with van der Waals surface area (Å²) >= 11 is 1.36. The number of anilines is 1. The predicted molar refractivity (Wildman–Crippen MR) is 137 cm³/mol. The van der Waals surface area contributed by atoms with Crippen molar-refractivity contribution in [3.05, 3.63) is 59.5 Å². The Kier molecular flexibility index (Phi) is 7.25. The summed E-state index contributed by atoms with van der Waals surface area (Å²) in [5.41, 5.74) is 0.937. The molecule has 4 rings (SSSR count). The van der Waals surface area contributed by atoms with Gasteiger partial charge in [-0.15, -0.1) is 0 Å². The number of nitrogens with one attached hydrogen (secondary N) is 1. The van der Waals surface area contributed by atoms with Crippen LogP contribution in [0.2, 0.25) is 0 Å². The number of rotatable bonds is 5. The first-order valence-corrected chi connectivity index (χ1v) is 12.3. The molecule has 0 aliphatic carbocycles. The standard InChI is InChI=1S/C26H30N4O4S/c1-26(2,3)34-25(32)30-16-14-29(15-17-30)24-28-21(22(35-24)23(31)27-4)18-10-12-20(13-11-18)33-19-8-6-5-7-9-19/h5-13H,14-17H2,1-4H3,(H,27,31). The number of benzene rings is 2. The Labute approximate surface area is 209 Å². The van der Waals surface area contributed by atoms with Gasteiger partial charge in [-0.05, 0) is 57.2 Å². The largest absolute Gasteiger partial charge is 0.457 e. The highest BCUT2D eigenvalue weighted by molar-refractivity contribution is 7.18. The van der Waals surface area contributed by atoms with Crippen molar-refractivity contribution in [1.82, 2.24) is 15.2 Å². The second-order valence-electron chi connectivity index (χ2n) is 9.15. The van der Waals surface area contributed by atoms with Crippen LogP contribution in [0.3, 0.4) is 0 Å². The number of hydrogen-bond donors (Lipinski definition) is 1. The van der Waals surface area contributed by atoms with Gasteiger partial charge in [-0.3, -0.25) is 4.79 Å². The zero-order valence-electron chi connectivity index (χ0n) is 20.4. The van der Waals surface area contributed by atoms with Crippen LogP contribution in [0.25, 0.3) is 11.3 Å². The van der Waals surface area contributed by atoms with E-state index in [0.717, 1.165) is 16.4 Å². The number of para-hydroxylation sites is 1. The van der Waals surface area contributed by atoms with Gasteiger partial charge in [0.15, 0.2) is 5.13 Å². The van der Waals surface area contributed by atoms with Gasteiger partial charge in [0.05, 0.1) is 5.69 Å². The topological polar surface area (TPSA) is 84.0 Å². The molecule has 1 N–H and O–H groups in total. The van der Waals surface area contributed by atoms with Crippen LogP contribution >= 0.6 is 11.3 Å². The molecule has 1 aliphatic rings. The molecule has 0 unspecified atom stereocenters. The minimum Gasteiger partial charge on any atom is -0.457 e. The highest BCUT2D eigenvalue weighted by atomic mass is 32.1. The summed E-state index contributed by atoms with van der Waals surface area (Å²) < 4.78 is 11.4. The van der Waals surface area contributed by atoms with Gasteiger partial charge in [0.2, 0.25) is 0 Å². The zero-order chi connectivity index (χ0) is 25.0. The van der Waals surface area contributed by atoms with Crippen LogP contribution < -0.4 is 15.0 Å². The van der Waals surface area contributed by atoms with E-state index in [1.165, 1.54) is 11.3 Å². The van der Waals surface area contributed by atoms with Gasteiger partial charge >= 0.3 is 6.09 Å². The van der Waals surface area contributed by atoms with Gasteiger partial charge in [-0.25, -0.2) is 9.78 Å². The Bertz CT molecular complexity index is 1160. The van der Waals surface area contributed by atoms with Crippen molar-refractivity contribution in [3.63, 3.8) is 0 Å². The molecule has 1 aromatic heterocycles. The summed E-state index contributed by atoms with van der Waals surface area (Å²) in [7, 11) is 1.61. The molecule has 1 aliphatic heterocycles. The number of amides is 2. The molecule has 0 saturated carbocycles. The Morgan fingerprint density at radius 2 is 1.57 bits per heavy atom. The lowest BCUT2D eigenvalue weighted by Crippen LogP contribution is -2.50. The van der Waals surface area contributed by atoms with Crippen molar-refractivity contribution in [2.45, 2.75) is 26.4 Å². The predicted octanol–water partition coefficient (Wildman–Crippen LogP) is 5.02. The highest BCUT2D eigenvalue weighted by Gasteiger charge is 2.28. The van der Waals surface area contributed by atoms with E-state index in [1.807, 2.05) is 75.4 Å². The molecule has 2 amide bonds. The van der Waals surface area contributed by atoms with Gasteiger partial charge < -0.3 is 24.6 Å². The Balaban J connectivity index is 1.50. The van der Waals surface area contributed by atoms with Gasteiger partial charge in [0, 0.05) is 38.8 Å². The third-order valence-corrected chi connectivity index (χ3v) is 6.47. The molecule has 8 nitrogen and oxygen atoms in total. The average Bonchev–Trinajstić information content (AvgIpc) is 3.29. The van der Waals surface area contributed by atoms with Crippen LogP contribution in [-0.4, -0.2) is 60.7 Å². The molecule has 3 aromatic rings. The van der Waals surface area contributed by atoms with E-state index in [4.69, 9.17) is 14.5 Å². The molecule has 0 spiro atoms. The molecule has 0 atom stereocenters. The molecular formula is C26H30N4O4S. The van der Waals surface area contributed by atoms with Crippen molar-refractivity contribution in [3.8, 4) is 22.8 Å². The van der Waals surface area contributed by atoms with E-state index in [9.17, 15) is 9.59 Å². The summed E-state index contributed by atoms with van der Waals surface area (Å²) in [6.45, 7) is 7.87. The average molecular weight is 495 g/mol. The molecular weight excluding hydrogens is 464 g/mol. The molecule has 1 fully saturated rings. The number of hydrogen-bond acceptors (Lipinski definition) is 7. The minimum absolute atomic E-state index is 0.180. The van der Waals surface area contributed by atoms with E-state index >= 15 is 0 Å². The molecule has 184 valence electrons. The Morgan fingerprint density at radius 3 is 2.17 bits per heavy atom. The lowest BCUT2D eigenvalue weighted by Gasteiger charge is -2.35. The molecule has 2 heterocycles. The number of piperazine rings is 1. The van der Waals surface area contributed by atoms with E-state index in [1.54, 1.807) is 11.9 Å². The first-order chi connectivity index (χ1) is 16.7. The first kappa shape index (κ1) is 24.5. The van der Waals surface area contributed by atoms with Crippen molar-refractivity contribution in [1.29, 1.82) is 0 Å². The number of carbonyl (C=O) groups excluding carboxylic acids is 2. The zero-order valence-corrected chi connectivity index (χ0v) is 21.2. The number of aromatic nitrogens is 1. The molecule has 9 heteroatoms. The molecule has 35 heavy (non-hydrogen) atoms. The summed E-state index contributed by atoms with van der Waals surface area (Å²) in [4.78, 5) is 34.2. The van der Waals surface area contributed by atoms with E-state index < -0.39 is 5.60 Å². The molecule has 0 radical (unpaired) electrons. The number of thiazole rings is 1. The molecule has 2 aromatic carbocycles. The first-order valence-electron chi connectivity index (χ1n) is 11.5. The van der Waals surface area contributed by atoms with Crippen molar-refractivity contribution >= 4 is 28.5 Å². The van der Waals surface area contributed by atoms with Crippen LogP contribution in [0.4, 0.5) is 9.93 Å². The third kappa shape index (κ3) is 6.10. The van der Waals surface area contributed by atoms with E-state index in [0.29, 0.717) is 42.5 Å². The lowest BCUT2D eigenvalue weighted by molar-refractivity contribution is 0.0240. The fourth-order valence-corrected chi connectivity index (χ4v) is 4.71. The van der Waals surface area contributed by atoms with Gasteiger partial charge in [0.25, 0.3) is 5.91 Å². The fourth-order valence-electron chi connectivity index (χ4n) is 3.62. The second-order valence-corrected chi connectivity index (χ2v) is 10.1. The van der Waals surface area contributed by atoms with E-state index in [2.05, 4.69) is 10.2 Å². The van der Waals surface area contributed by atoms with Crippen LogP contribution in [0.5, 0.6) is 11.5 Å². The van der Waals surface area contributed by atoms with Crippen molar-refractivity contribution in [2.24, 2.45) is 0 Å². The van der Waals surface area contributed by atoms with Crippen LogP contribution in [-0.2, 0) is 4.74 Å². The summed E-state index contributed by atoms with van der Waals surface area (Å²) in [6.07, 6.45) is -0.305. The minimum atomic E-state index is -0.525. The van der Waals surface area contributed by atoms with E-state index in [-0.39, 0.29) is 12.0 Å². The Morgan fingerprint density at radius 1 is 0.943 bits per heavy atom. The van der Waals surface area contributed by atoms with Gasteiger partial charge in [-0.1, -0.05) is 29.5 Å². The van der Waals surface area contributed by atoms with Crippen molar-refractivity contribution < 1.29 is 19.1 Å². The van der Waals surface area contributed by atoms with Crippen LogP contribution in [0.1, 0.15) is 30.4 Å². The number of nitrogens with zero attached hydrogens (tertiary/aromatic N) is 3. The monoisotopic (exact) mass is 494 g/mol. The Hall–Kier alpha value is -3.59. The third-order valence-electron chi connectivity index (χ3n) is 5.36. The number of ether oxygens (including phenoxy) is 2. The lowest BCUT2D eigenvalue weighted by atomic mass is 10.1. The normalized spacial score (nSPS) is 13.9. The van der Waals surface area contributed by atoms with Crippen LogP contribution in [0, 0.1) is 0 Å². The smallest absolute Gasteiger partial charge is 0.410 e. The van der Waals surface area contributed by atoms with Gasteiger partial charge in [0.1, 0.15) is 22.0 Å². The fraction of sp³-hybridized carbons (Fsp3) is 0.346. The maximum Gasteiger partial charge on any atom is 0.410 e. The quantitative estimate of drug-likeness (QED) is 0.536. The maximum atomic E-state index is 12.6. The highest BCUT2D eigenvalue weighted by Crippen LogP contribution is 2.35. The summed E-state index contributed by atoms with van der Waals surface area (Å²) in [5, 5.41) is 3.47. The second kappa shape index (κ2) is 10.4.